The Bertz CT molecular complexity index is 26.3. The van der Waals surface area contributed by atoms with Crippen molar-refractivity contribution in [2.75, 3.05) is 0 Å². The Morgan fingerprint density at radius 1 is 1.17 bits per heavy atom. The predicted octanol–water partition coefficient (Wildman–Crippen LogP) is -0.184. The number of nitrogens with two attached hydrogens (primary N) is 1. The number of hydrogen-bond acceptors (Lipinski definition) is 1. The van der Waals surface area contributed by atoms with Crippen molar-refractivity contribution < 1.29 is 13.2 Å². The summed E-state index contributed by atoms with van der Waals surface area (Å²) < 4.78 is 30.4. The third-order valence-corrected chi connectivity index (χ3v) is 0. The first-order chi connectivity index (χ1) is 2.00. The first-order valence-corrected chi connectivity index (χ1v) is 0.856. The first kappa shape index (κ1) is 9.89. The summed E-state index contributed by atoms with van der Waals surface area (Å²) in [7, 11) is 0. The summed E-state index contributed by atoms with van der Waals surface area (Å²) >= 11 is 0. The molecule has 0 aliphatic heterocycles. The molecule has 2 N–H and O–H groups in total. The van der Waals surface area contributed by atoms with E-state index in [-0.39, 0.29) is 29.6 Å². The molecule has 0 aliphatic carbocycles. The molecule has 0 rings (SSSR count). The van der Waals surface area contributed by atoms with Gasteiger partial charge < -0.3 is 0 Å². The van der Waals surface area contributed by atoms with Crippen LogP contribution in [0.1, 0.15) is 0 Å². The average Bonchev–Trinajstić information content (AvgIpc) is 0.722. The summed E-state index contributed by atoms with van der Waals surface area (Å²) in [5, 5.41) is 0. The second-order valence-corrected chi connectivity index (χ2v) is 0.542. The topological polar surface area (TPSA) is 26.0 Å². The molecule has 0 unspecified atom stereocenters. The molecule has 0 aromatic heterocycles. The van der Waals surface area contributed by atoms with Crippen molar-refractivity contribution in [2.24, 2.45) is 5.73 Å². The SMILES string of the molecule is NC(F)(F)F.[NaH]. The molecule has 0 amide bonds. The Kier molecular flexibility index (Phi) is 4.69. The summed E-state index contributed by atoms with van der Waals surface area (Å²) in [6.45, 7) is 0. The van der Waals surface area contributed by atoms with Crippen molar-refractivity contribution in [1.82, 2.24) is 0 Å². The van der Waals surface area contributed by atoms with E-state index in [2.05, 4.69) is 5.73 Å². The molecule has 0 atom stereocenters. The van der Waals surface area contributed by atoms with Crippen LogP contribution in [-0.2, 0) is 0 Å². The van der Waals surface area contributed by atoms with E-state index in [1.807, 2.05) is 0 Å². The maximum atomic E-state index is 10.1. The minimum absolute atomic E-state index is 0. The van der Waals surface area contributed by atoms with Crippen LogP contribution in [0.2, 0.25) is 0 Å². The normalized spacial score (nSPS) is 10.0. The van der Waals surface area contributed by atoms with E-state index in [0.29, 0.717) is 0 Å². The van der Waals surface area contributed by atoms with Crippen molar-refractivity contribution in [2.45, 2.75) is 6.30 Å². The molecule has 0 spiro atoms. The van der Waals surface area contributed by atoms with Crippen LogP contribution in [0.3, 0.4) is 0 Å². The van der Waals surface area contributed by atoms with E-state index in [1.165, 1.54) is 0 Å². The Hall–Kier alpha value is 0.750. The van der Waals surface area contributed by atoms with Crippen LogP contribution in [0, 0.1) is 0 Å². The van der Waals surface area contributed by atoms with Gasteiger partial charge in [0.25, 0.3) is 0 Å². The van der Waals surface area contributed by atoms with E-state index >= 15 is 0 Å². The van der Waals surface area contributed by atoms with Gasteiger partial charge in [0.15, 0.2) is 0 Å². The molecule has 0 saturated carbocycles. The molecule has 0 heterocycles. The molecule has 0 aromatic rings. The van der Waals surface area contributed by atoms with Gasteiger partial charge in [-0.3, -0.25) is 0 Å². The van der Waals surface area contributed by atoms with Gasteiger partial charge in [0.05, 0.1) is 0 Å². The maximum absolute atomic E-state index is 10.1. The van der Waals surface area contributed by atoms with E-state index in [4.69, 9.17) is 0 Å². The molecule has 6 heavy (non-hydrogen) atoms. The van der Waals surface area contributed by atoms with Crippen LogP contribution in [0.4, 0.5) is 13.2 Å². The second-order valence-electron chi connectivity index (χ2n) is 0.542. The quantitative estimate of drug-likeness (QED) is 0.339. The molecular formula is CH3F3NNa. The summed E-state index contributed by atoms with van der Waals surface area (Å²) in [6.07, 6.45) is -4.50. The molecule has 0 aromatic carbocycles. The van der Waals surface area contributed by atoms with Gasteiger partial charge in [0.2, 0.25) is 0 Å². The van der Waals surface area contributed by atoms with E-state index < -0.39 is 6.30 Å². The van der Waals surface area contributed by atoms with Gasteiger partial charge in [-0.2, -0.15) is 13.2 Å². The first-order valence-electron chi connectivity index (χ1n) is 0.856. The van der Waals surface area contributed by atoms with Crippen molar-refractivity contribution in [3.63, 3.8) is 0 Å². The Morgan fingerprint density at radius 3 is 1.17 bits per heavy atom. The van der Waals surface area contributed by atoms with Gasteiger partial charge in [-0.25, -0.2) is 5.73 Å². The van der Waals surface area contributed by atoms with Gasteiger partial charge in [-0.15, -0.1) is 0 Å². The molecule has 0 saturated heterocycles. The summed E-state index contributed by atoms with van der Waals surface area (Å²) in [5.74, 6) is 0. The third-order valence-electron chi connectivity index (χ3n) is 0. The average molecular weight is 109 g/mol. The summed E-state index contributed by atoms with van der Waals surface area (Å²) in [6, 6.07) is 0. The zero-order chi connectivity index (χ0) is 4.50. The number of alkyl halides is 3. The fraction of sp³-hybridized carbons (Fsp3) is 1.00. The third kappa shape index (κ3) is 119. The van der Waals surface area contributed by atoms with Crippen molar-refractivity contribution in [1.29, 1.82) is 0 Å². The van der Waals surface area contributed by atoms with Crippen LogP contribution in [0.5, 0.6) is 0 Å². The van der Waals surface area contributed by atoms with Crippen LogP contribution in [0.15, 0.2) is 0 Å². The molecule has 1 nitrogen and oxygen atoms in total. The standard InChI is InChI=1S/CH2F3N.Na.H/c2-1(3,4)5;;/h5H2;;. The van der Waals surface area contributed by atoms with Gasteiger partial charge in [0, 0.05) is 0 Å². The Morgan fingerprint density at radius 2 is 1.17 bits per heavy atom. The van der Waals surface area contributed by atoms with E-state index in [1.54, 1.807) is 0 Å². The van der Waals surface area contributed by atoms with Gasteiger partial charge in [0.1, 0.15) is 0 Å². The van der Waals surface area contributed by atoms with Crippen LogP contribution in [0.25, 0.3) is 0 Å². The Labute approximate surface area is 55.0 Å². The van der Waals surface area contributed by atoms with Crippen LogP contribution < -0.4 is 5.73 Å². The van der Waals surface area contributed by atoms with Gasteiger partial charge in [-0.1, -0.05) is 0 Å². The molecule has 0 aliphatic rings. The molecular weight excluding hydrogens is 106 g/mol. The zero-order valence-corrected chi connectivity index (χ0v) is 2.21. The number of hydrogen-bond donors (Lipinski definition) is 1. The van der Waals surface area contributed by atoms with Crippen molar-refractivity contribution >= 4 is 29.6 Å². The van der Waals surface area contributed by atoms with E-state index in [0.717, 1.165) is 0 Å². The van der Waals surface area contributed by atoms with Gasteiger partial charge >= 0.3 is 35.9 Å². The van der Waals surface area contributed by atoms with Crippen molar-refractivity contribution in [3.8, 4) is 0 Å². The predicted molar refractivity (Wildman–Crippen MR) is 17.4 cm³/mol. The fourth-order valence-electron chi connectivity index (χ4n) is 0. The van der Waals surface area contributed by atoms with Crippen molar-refractivity contribution in [3.05, 3.63) is 0 Å². The molecule has 0 radical (unpaired) electrons. The summed E-state index contributed by atoms with van der Waals surface area (Å²) in [4.78, 5) is 0. The molecule has 0 fully saturated rings. The summed E-state index contributed by atoms with van der Waals surface area (Å²) in [5.41, 5.74) is 3.35. The zero-order valence-electron chi connectivity index (χ0n) is 2.21. The fourth-order valence-corrected chi connectivity index (χ4v) is 0. The molecule has 0 bridgehead atoms. The Balaban J connectivity index is 0. The van der Waals surface area contributed by atoms with Crippen LogP contribution >= 0.6 is 0 Å². The minimum atomic E-state index is -4.50. The van der Waals surface area contributed by atoms with Crippen LogP contribution in [-0.4, -0.2) is 35.9 Å². The van der Waals surface area contributed by atoms with Gasteiger partial charge in [-0.05, 0) is 0 Å². The molecule has 34 valence electrons. The second kappa shape index (κ2) is 2.85. The number of rotatable bonds is 0. The number of halogens is 3. The van der Waals surface area contributed by atoms with E-state index in [9.17, 15) is 13.2 Å². The monoisotopic (exact) mass is 109 g/mol. The molecule has 5 heteroatoms.